The minimum atomic E-state index is -0.952. The number of piperazine rings is 1. The molecule has 0 spiro atoms. The summed E-state index contributed by atoms with van der Waals surface area (Å²) >= 11 is 0. The Balaban J connectivity index is 1.54. The van der Waals surface area contributed by atoms with E-state index in [9.17, 15) is 9.59 Å². The number of carboxylic acid groups (broad SMARTS) is 1. The first-order valence-electron chi connectivity index (χ1n) is 9.58. The van der Waals surface area contributed by atoms with E-state index in [4.69, 9.17) is 5.11 Å². The van der Waals surface area contributed by atoms with Crippen LogP contribution in [0.25, 0.3) is 0 Å². The molecule has 0 aromatic heterocycles. The van der Waals surface area contributed by atoms with Crippen LogP contribution in [-0.2, 0) is 13.1 Å². The Bertz CT molecular complexity index is 808. The lowest BCUT2D eigenvalue weighted by Crippen LogP contribution is -2.59. The molecule has 6 nitrogen and oxygen atoms in total. The van der Waals surface area contributed by atoms with Crippen LogP contribution in [0.4, 0.5) is 4.79 Å². The molecule has 3 rings (SSSR count). The van der Waals surface area contributed by atoms with Crippen LogP contribution in [0.2, 0.25) is 0 Å². The van der Waals surface area contributed by atoms with E-state index in [-0.39, 0.29) is 23.7 Å². The minimum Gasteiger partial charge on any atom is -0.478 e. The Morgan fingerprint density at radius 1 is 0.964 bits per heavy atom. The van der Waals surface area contributed by atoms with Crippen LogP contribution in [-0.4, -0.2) is 52.1 Å². The zero-order chi connectivity index (χ0) is 20.1. The van der Waals surface area contributed by atoms with Crippen molar-refractivity contribution in [3.05, 3.63) is 71.3 Å². The first-order valence-corrected chi connectivity index (χ1v) is 9.58. The van der Waals surface area contributed by atoms with Gasteiger partial charge in [-0.3, -0.25) is 4.90 Å². The summed E-state index contributed by atoms with van der Waals surface area (Å²) in [4.78, 5) is 27.9. The third kappa shape index (κ3) is 4.89. The lowest BCUT2D eigenvalue weighted by molar-refractivity contribution is 0.0581. The molecule has 2 aromatic rings. The van der Waals surface area contributed by atoms with E-state index >= 15 is 0 Å². The topological polar surface area (TPSA) is 72.9 Å². The van der Waals surface area contributed by atoms with Crippen LogP contribution in [0.3, 0.4) is 0 Å². The lowest BCUT2D eigenvalue weighted by atomic mass is 10.1. The van der Waals surface area contributed by atoms with Gasteiger partial charge in [0.05, 0.1) is 5.56 Å². The van der Waals surface area contributed by atoms with E-state index < -0.39 is 5.97 Å². The number of hydrogen-bond acceptors (Lipinski definition) is 3. The van der Waals surface area contributed by atoms with Crippen molar-refractivity contribution in [1.29, 1.82) is 0 Å². The summed E-state index contributed by atoms with van der Waals surface area (Å²) in [7, 11) is 0. The van der Waals surface area contributed by atoms with Crippen LogP contribution in [0, 0.1) is 0 Å². The fraction of sp³-hybridized carbons (Fsp3) is 0.364. The summed E-state index contributed by atoms with van der Waals surface area (Å²) < 4.78 is 0. The van der Waals surface area contributed by atoms with Crippen molar-refractivity contribution in [3.8, 4) is 0 Å². The number of carboxylic acids is 1. The highest BCUT2D eigenvalue weighted by Crippen LogP contribution is 2.18. The van der Waals surface area contributed by atoms with Crippen LogP contribution in [0.5, 0.6) is 0 Å². The van der Waals surface area contributed by atoms with Gasteiger partial charge in [0.15, 0.2) is 0 Å². The van der Waals surface area contributed by atoms with E-state index in [1.165, 1.54) is 5.56 Å². The van der Waals surface area contributed by atoms with E-state index in [1.807, 2.05) is 11.0 Å². The molecule has 1 saturated heterocycles. The van der Waals surface area contributed by atoms with E-state index in [0.29, 0.717) is 13.1 Å². The lowest BCUT2D eigenvalue weighted by Gasteiger charge is -2.44. The summed E-state index contributed by atoms with van der Waals surface area (Å²) in [6, 6.07) is 17.3. The Labute approximate surface area is 165 Å². The molecule has 1 aliphatic heterocycles. The average Bonchev–Trinajstić information content (AvgIpc) is 2.69. The van der Waals surface area contributed by atoms with Gasteiger partial charge in [0.1, 0.15) is 0 Å². The molecular formula is C22H27N3O3. The smallest absolute Gasteiger partial charge is 0.335 e. The second-order valence-electron chi connectivity index (χ2n) is 7.43. The molecule has 28 heavy (non-hydrogen) atoms. The van der Waals surface area contributed by atoms with Crippen molar-refractivity contribution < 1.29 is 14.7 Å². The van der Waals surface area contributed by atoms with Crippen LogP contribution in [0.1, 0.15) is 35.3 Å². The summed E-state index contributed by atoms with van der Waals surface area (Å²) in [5, 5.41) is 11.9. The molecule has 2 N–H and O–H groups in total. The predicted molar refractivity (Wildman–Crippen MR) is 108 cm³/mol. The number of benzene rings is 2. The second-order valence-corrected chi connectivity index (χ2v) is 7.43. The number of urea groups is 1. The third-order valence-corrected chi connectivity index (χ3v) is 5.25. The highest BCUT2D eigenvalue weighted by Gasteiger charge is 2.31. The molecule has 0 aliphatic carbocycles. The molecule has 2 aromatic carbocycles. The van der Waals surface area contributed by atoms with Crippen molar-refractivity contribution in [2.45, 2.75) is 39.0 Å². The Kier molecular flexibility index (Phi) is 6.31. The average molecular weight is 381 g/mol. The highest BCUT2D eigenvalue weighted by atomic mass is 16.4. The first kappa shape index (κ1) is 19.9. The number of amides is 2. The first-order chi connectivity index (χ1) is 13.4. The predicted octanol–water partition coefficient (Wildman–Crippen LogP) is 3.19. The van der Waals surface area contributed by atoms with Crippen molar-refractivity contribution in [2.24, 2.45) is 0 Å². The number of carbonyl (C=O) groups excluding carboxylic acids is 1. The van der Waals surface area contributed by atoms with E-state index in [2.05, 4.69) is 48.3 Å². The fourth-order valence-electron chi connectivity index (χ4n) is 3.56. The molecule has 0 radical (unpaired) electrons. The summed E-state index contributed by atoms with van der Waals surface area (Å²) in [6.07, 6.45) is 0. The molecule has 1 aliphatic rings. The molecule has 0 saturated carbocycles. The summed E-state index contributed by atoms with van der Waals surface area (Å²) in [5.41, 5.74) is 2.40. The van der Waals surface area contributed by atoms with E-state index in [0.717, 1.165) is 18.7 Å². The van der Waals surface area contributed by atoms with E-state index in [1.54, 1.807) is 24.3 Å². The third-order valence-electron chi connectivity index (χ3n) is 5.25. The van der Waals surface area contributed by atoms with Gasteiger partial charge in [0, 0.05) is 38.3 Å². The van der Waals surface area contributed by atoms with Gasteiger partial charge >= 0.3 is 12.0 Å². The van der Waals surface area contributed by atoms with Crippen molar-refractivity contribution in [1.82, 2.24) is 15.1 Å². The summed E-state index contributed by atoms with van der Waals surface area (Å²) in [5.74, 6) is -0.952. The molecule has 148 valence electrons. The zero-order valence-corrected chi connectivity index (χ0v) is 16.3. The number of nitrogens with zero attached hydrogens (tertiary/aromatic N) is 2. The van der Waals surface area contributed by atoms with Gasteiger partial charge in [-0.05, 0) is 37.1 Å². The Hall–Kier alpha value is -2.86. The van der Waals surface area contributed by atoms with Crippen LogP contribution < -0.4 is 5.32 Å². The number of aromatic carboxylic acids is 1. The Morgan fingerprint density at radius 3 is 2.29 bits per heavy atom. The van der Waals surface area contributed by atoms with Crippen molar-refractivity contribution in [2.75, 3.05) is 13.1 Å². The highest BCUT2D eigenvalue weighted by molar-refractivity contribution is 5.87. The monoisotopic (exact) mass is 381 g/mol. The van der Waals surface area contributed by atoms with Crippen molar-refractivity contribution >= 4 is 12.0 Å². The van der Waals surface area contributed by atoms with Crippen molar-refractivity contribution in [3.63, 3.8) is 0 Å². The normalized spacial score (nSPS) is 20.0. The fourth-order valence-corrected chi connectivity index (χ4v) is 3.56. The number of hydrogen-bond donors (Lipinski definition) is 2. The summed E-state index contributed by atoms with van der Waals surface area (Å²) in [6.45, 7) is 7.00. The molecule has 2 atom stereocenters. The maximum Gasteiger partial charge on any atom is 0.335 e. The van der Waals surface area contributed by atoms with Gasteiger partial charge < -0.3 is 15.3 Å². The quantitative estimate of drug-likeness (QED) is 0.834. The number of rotatable bonds is 5. The molecule has 1 fully saturated rings. The van der Waals surface area contributed by atoms with Gasteiger partial charge in [-0.15, -0.1) is 0 Å². The van der Waals surface area contributed by atoms with Gasteiger partial charge in [0.25, 0.3) is 0 Å². The maximum absolute atomic E-state index is 12.7. The zero-order valence-electron chi connectivity index (χ0n) is 16.3. The second kappa shape index (κ2) is 8.89. The van der Waals surface area contributed by atoms with Gasteiger partial charge in [-0.2, -0.15) is 0 Å². The standard InChI is InChI=1S/C22H27N3O3/c1-16-14-25(17(2)13-24(16)15-19-6-4-3-5-7-19)22(28)23-12-18-8-10-20(11-9-18)21(26)27/h3-11,16-17H,12-15H2,1-2H3,(H,23,28)(H,26,27). The van der Waals surface area contributed by atoms with Gasteiger partial charge in [-0.1, -0.05) is 42.5 Å². The van der Waals surface area contributed by atoms with Gasteiger partial charge in [0.2, 0.25) is 0 Å². The number of carbonyl (C=O) groups is 2. The molecule has 2 amide bonds. The molecule has 2 unspecified atom stereocenters. The molecule has 6 heteroatoms. The molecule has 0 bridgehead atoms. The maximum atomic E-state index is 12.7. The number of nitrogens with one attached hydrogen (secondary N) is 1. The van der Waals surface area contributed by atoms with Crippen LogP contribution >= 0.6 is 0 Å². The SMILES string of the molecule is CC1CN(C(=O)NCc2ccc(C(=O)O)cc2)C(C)CN1Cc1ccccc1. The van der Waals surface area contributed by atoms with Gasteiger partial charge in [-0.25, -0.2) is 9.59 Å². The minimum absolute atomic E-state index is 0.0824. The largest absolute Gasteiger partial charge is 0.478 e. The molecular weight excluding hydrogens is 354 g/mol. The Morgan fingerprint density at radius 2 is 1.64 bits per heavy atom. The van der Waals surface area contributed by atoms with Crippen LogP contribution in [0.15, 0.2) is 54.6 Å². The molecule has 1 heterocycles.